The van der Waals surface area contributed by atoms with Gasteiger partial charge in [0.25, 0.3) is 0 Å². The van der Waals surface area contributed by atoms with Crippen molar-refractivity contribution in [2.75, 3.05) is 13.1 Å². The van der Waals surface area contributed by atoms with Crippen LogP contribution in [0, 0.1) is 0 Å². The molecule has 0 bridgehead atoms. The zero-order chi connectivity index (χ0) is 15.0. The van der Waals surface area contributed by atoms with Crippen molar-refractivity contribution in [2.24, 2.45) is 0 Å². The number of carbonyl (C=O) groups excluding carboxylic acids is 1. The predicted molar refractivity (Wildman–Crippen MR) is 75.5 cm³/mol. The minimum Gasteiger partial charge on any atom is -0.444 e. The Hall–Kier alpha value is -1.15. The van der Waals surface area contributed by atoms with Crippen LogP contribution in [0.1, 0.15) is 27.2 Å². The third kappa shape index (κ3) is 3.29. The first-order chi connectivity index (χ1) is 9.20. The topological polar surface area (TPSA) is 76.6 Å². The van der Waals surface area contributed by atoms with Crippen molar-refractivity contribution in [3.05, 3.63) is 11.6 Å². The van der Waals surface area contributed by atoms with Crippen LogP contribution in [-0.4, -0.2) is 48.3 Å². The number of carbonyl (C=O) groups is 1. The van der Waals surface area contributed by atoms with Crippen LogP contribution < -0.4 is 0 Å². The molecule has 20 heavy (non-hydrogen) atoms. The quantitative estimate of drug-likeness (QED) is 0.832. The first-order valence-electron chi connectivity index (χ1n) is 6.31. The highest BCUT2D eigenvalue weighted by Crippen LogP contribution is 2.26. The molecule has 1 aliphatic heterocycles. The van der Waals surface area contributed by atoms with Crippen LogP contribution in [0.3, 0.4) is 0 Å². The Morgan fingerprint density at radius 2 is 2.20 bits per heavy atom. The Morgan fingerprint density at radius 3 is 2.75 bits per heavy atom. The van der Waals surface area contributed by atoms with Gasteiger partial charge in [-0.25, -0.2) is 18.2 Å². The van der Waals surface area contributed by atoms with Gasteiger partial charge in [-0.2, -0.15) is 0 Å². The zero-order valence-corrected chi connectivity index (χ0v) is 13.3. The van der Waals surface area contributed by atoms with Gasteiger partial charge in [-0.1, -0.05) is 0 Å². The fraction of sp³-hybridized carbons (Fsp3) is 0.667. The average molecular weight is 318 g/mol. The molecule has 2 heterocycles. The summed E-state index contributed by atoms with van der Waals surface area (Å²) in [6.07, 6.45) is 1.42. The van der Waals surface area contributed by atoms with Crippen molar-refractivity contribution < 1.29 is 17.9 Å². The Balaban J connectivity index is 2.05. The lowest BCUT2D eigenvalue weighted by Crippen LogP contribution is -2.36. The molecular weight excluding hydrogens is 300 g/mol. The minimum atomic E-state index is -3.45. The summed E-state index contributed by atoms with van der Waals surface area (Å²) >= 11 is 1.10. The van der Waals surface area contributed by atoms with E-state index in [-0.39, 0.29) is 10.9 Å². The Kier molecular flexibility index (Phi) is 4.06. The Morgan fingerprint density at radius 1 is 1.50 bits per heavy atom. The van der Waals surface area contributed by atoms with E-state index >= 15 is 0 Å². The molecule has 8 heteroatoms. The van der Waals surface area contributed by atoms with Gasteiger partial charge in [0.1, 0.15) is 5.60 Å². The van der Waals surface area contributed by atoms with E-state index in [1.807, 2.05) is 0 Å². The summed E-state index contributed by atoms with van der Waals surface area (Å²) < 4.78 is 30.0. The molecule has 1 atom stereocenters. The minimum absolute atomic E-state index is 0.119. The molecule has 1 fully saturated rings. The number of rotatable bonds is 2. The maximum Gasteiger partial charge on any atom is 0.410 e. The maximum absolute atomic E-state index is 12.3. The molecule has 0 aliphatic carbocycles. The molecule has 0 radical (unpaired) electrons. The van der Waals surface area contributed by atoms with Crippen LogP contribution >= 0.6 is 11.3 Å². The van der Waals surface area contributed by atoms with Crippen LogP contribution in [0.5, 0.6) is 0 Å². The smallest absolute Gasteiger partial charge is 0.410 e. The summed E-state index contributed by atoms with van der Waals surface area (Å²) in [5.41, 5.74) is -0.580. The number of ether oxygens (including phenoxy) is 1. The van der Waals surface area contributed by atoms with E-state index in [9.17, 15) is 13.2 Å². The third-order valence-electron chi connectivity index (χ3n) is 2.89. The molecule has 1 aromatic heterocycles. The van der Waals surface area contributed by atoms with Crippen LogP contribution in [0.2, 0.25) is 0 Å². The lowest BCUT2D eigenvalue weighted by molar-refractivity contribution is 0.0295. The summed E-state index contributed by atoms with van der Waals surface area (Å²) in [5, 5.41) is 1.04. The number of sulfone groups is 1. The van der Waals surface area contributed by atoms with Gasteiger partial charge < -0.3 is 9.64 Å². The number of amides is 1. The Labute approximate surface area is 122 Å². The van der Waals surface area contributed by atoms with Crippen molar-refractivity contribution in [3.63, 3.8) is 0 Å². The van der Waals surface area contributed by atoms with Gasteiger partial charge in [-0.05, 0) is 27.2 Å². The van der Waals surface area contributed by atoms with Crippen molar-refractivity contribution in [3.8, 4) is 0 Å². The highest BCUT2D eigenvalue weighted by Gasteiger charge is 2.38. The van der Waals surface area contributed by atoms with E-state index in [1.54, 1.807) is 26.2 Å². The van der Waals surface area contributed by atoms with Crippen LogP contribution in [0.4, 0.5) is 4.79 Å². The van der Waals surface area contributed by atoms with E-state index in [0.717, 1.165) is 11.3 Å². The van der Waals surface area contributed by atoms with Gasteiger partial charge in [-0.15, -0.1) is 11.3 Å². The number of likely N-dealkylation sites (tertiary alicyclic amines) is 1. The second-order valence-electron chi connectivity index (χ2n) is 5.68. The molecule has 0 saturated carbocycles. The molecule has 0 N–H and O–H groups in total. The fourth-order valence-corrected chi connectivity index (χ4v) is 4.72. The Bertz CT molecular complexity index is 575. The predicted octanol–water partition coefficient (Wildman–Crippen LogP) is 1.93. The van der Waals surface area contributed by atoms with Crippen molar-refractivity contribution in [1.29, 1.82) is 0 Å². The summed E-state index contributed by atoms with van der Waals surface area (Å²) in [4.78, 5) is 17.2. The molecule has 0 aromatic carbocycles. The van der Waals surface area contributed by atoms with E-state index in [0.29, 0.717) is 13.0 Å². The lowest BCUT2D eigenvalue weighted by atomic mass is 10.2. The first kappa shape index (κ1) is 15.2. The van der Waals surface area contributed by atoms with E-state index in [1.165, 1.54) is 11.1 Å². The van der Waals surface area contributed by atoms with Gasteiger partial charge >= 0.3 is 6.09 Å². The molecule has 1 amide bonds. The molecule has 1 aromatic rings. The van der Waals surface area contributed by atoms with E-state index in [2.05, 4.69) is 4.98 Å². The number of aromatic nitrogens is 1. The average Bonchev–Trinajstić information content (AvgIpc) is 2.99. The third-order valence-corrected chi connectivity index (χ3v) is 6.29. The van der Waals surface area contributed by atoms with Gasteiger partial charge in [0, 0.05) is 24.7 Å². The molecular formula is C12H18N2O4S2. The molecule has 0 spiro atoms. The first-order valence-corrected chi connectivity index (χ1v) is 8.74. The summed E-state index contributed by atoms with van der Waals surface area (Å²) in [6, 6.07) is 0. The molecule has 112 valence electrons. The zero-order valence-electron chi connectivity index (χ0n) is 11.7. The van der Waals surface area contributed by atoms with Gasteiger partial charge in [0.2, 0.25) is 14.2 Å². The van der Waals surface area contributed by atoms with E-state index < -0.39 is 26.8 Å². The second-order valence-corrected chi connectivity index (χ2v) is 8.98. The van der Waals surface area contributed by atoms with Crippen LogP contribution in [0.15, 0.2) is 15.9 Å². The number of nitrogens with zero attached hydrogens (tertiary/aromatic N) is 2. The highest BCUT2D eigenvalue weighted by molar-refractivity contribution is 7.93. The molecule has 2 rings (SSSR count). The van der Waals surface area contributed by atoms with E-state index in [4.69, 9.17) is 4.74 Å². The fourth-order valence-electron chi connectivity index (χ4n) is 1.97. The standard InChI is InChI=1S/C12H18N2O4S2/c1-12(2,3)18-11(15)14-6-4-9(8-14)20(16,17)10-13-5-7-19-10/h5,7,9H,4,6,8H2,1-3H3/t9-/m0/s1. The molecule has 1 aliphatic rings. The summed E-state index contributed by atoms with van der Waals surface area (Å²) in [7, 11) is -3.45. The molecule has 6 nitrogen and oxygen atoms in total. The SMILES string of the molecule is CC(C)(C)OC(=O)N1CC[C@H](S(=O)(=O)c2nccs2)C1. The van der Waals surface area contributed by atoms with Crippen LogP contribution in [-0.2, 0) is 14.6 Å². The van der Waals surface area contributed by atoms with Gasteiger partial charge in [0.05, 0.1) is 5.25 Å². The normalized spacial score (nSPS) is 20.1. The monoisotopic (exact) mass is 318 g/mol. The number of thiazole rings is 1. The summed E-state index contributed by atoms with van der Waals surface area (Å²) in [5.74, 6) is 0. The molecule has 0 unspecified atom stereocenters. The number of hydrogen-bond acceptors (Lipinski definition) is 6. The maximum atomic E-state index is 12.3. The summed E-state index contributed by atoms with van der Waals surface area (Å²) in [6.45, 7) is 5.90. The lowest BCUT2D eigenvalue weighted by Gasteiger charge is -2.24. The number of hydrogen-bond donors (Lipinski definition) is 0. The second kappa shape index (κ2) is 5.33. The van der Waals surface area contributed by atoms with Crippen molar-refractivity contribution >= 4 is 27.3 Å². The van der Waals surface area contributed by atoms with Crippen molar-refractivity contribution in [2.45, 2.75) is 42.4 Å². The van der Waals surface area contributed by atoms with Crippen LogP contribution in [0.25, 0.3) is 0 Å². The largest absolute Gasteiger partial charge is 0.444 e. The van der Waals surface area contributed by atoms with Gasteiger partial charge in [-0.3, -0.25) is 0 Å². The highest BCUT2D eigenvalue weighted by atomic mass is 32.2. The molecule has 1 saturated heterocycles. The van der Waals surface area contributed by atoms with Crippen molar-refractivity contribution in [1.82, 2.24) is 9.88 Å². The van der Waals surface area contributed by atoms with Gasteiger partial charge in [0.15, 0.2) is 0 Å².